The van der Waals surface area contributed by atoms with Crippen LogP contribution in [0, 0.1) is 0 Å². The minimum Gasteiger partial charge on any atom is -0.371 e. The molecule has 2 unspecified atom stereocenters. The summed E-state index contributed by atoms with van der Waals surface area (Å²) in [6.45, 7) is 4.14. The molecule has 2 aromatic rings. The van der Waals surface area contributed by atoms with E-state index in [1.165, 1.54) is 16.9 Å². The predicted molar refractivity (Wildman–Crippen MR) is 87.8 cm³/mol. The summed E-state index contributed by atoms with van der Waals surface area (Å²) >= 11 is 1.74. The molecule has 2 N–H and O–H groups in total. The summed E-state index contributed by atoms with van der Waals surface area (Å²) in [6.07, 6.45) is 0. The maximum atomic E-state index is 6.30. The van der Waals surface area contributed by atoms with Crippen LogP contribution in [-0.4, -0.2) is 26.2 Å². The number of benzene rings is 1. The Balaban J connectivity index is 2.03. The van der Waals surface area contributed by atoms with Crippen LogP contribution < -0.4 is 15.5 Å². The Kier molecular flexibility index (Phi) is 3.68. The van der Waals surface area contributed by atoms with Gasteiger partial charge in [0.15, 0.2) is 0 Å². The van der Waals surface area contributed by atoms with E-state index in [1.807, 2.05) is 0 Å². The third kappa shape index (κ3) is 2.30. The fourth-order valence-electron chi connectivity index (χ4n) is 3.03. The van der Waals surface area contributed by atoms with Crippen molar-refractivity contribution < 1.29 is 0 Å². The second-order valence-electron chi connectivity index (χ2n) is 5.46. The second-order valence-corrected chi connectivity index (χ2v) is 6.24. The van der Waals surface area contributed by atoms with Crippen LogP contribution in [0.4, 0.5) is 11.4 Å². The Morgan fingerprint density at radius 3 is 2.55 bits per heavy atom. The first-order chi connectivity index (χ1) is 9.68. The van der Waals surface area contributed by atoms with Crippen LogP contribution in [-0.2, 0) is 0 Å². The van der Waals surface area contributed by atoms with E-state index < -0.39 is 0 Å². The van der Waals surface area contributed by atoms with E-state index in [0.717, 1.165) is 13.1 Å². The van der Waals surface area contributed by atoms with E-state index in [1.54, 1.807) is 11.3 Å². The molecule has 0 radical (unpaired) electrons. The van der Waals surface area contributed by atoms with E-state index in [-0.39, 0.29) is 12.1 Å². The second kappa shape index (κ2) is 5.46. The minimum absolute atomic E-state index is 0.0982. The summed E-state index contributed by atoms with van der Waals surface area (Å²) in [6, 6.07) is 11.1. The number of nitrogens with two attached hydrogens (primary N) is 1. The van der Waals surface area contributed by atoms with Gasteiger partial charge in [0.1, 0.15) is 0 Å². The molecule has 4 heteroatoms. The molecule has 106 valence electrons. The van der Waals surface area contributed by atoms with E-state index in [0.29, 0.717) is 0 Å². The largest absolute Gasteiger partial charge is 0.371 e. The number of fused-ring (bicyclic) bond motifs is 1. The number of rotatable bonds is 3. The van der Waals surface area contributed by atoms with Crippen molar-refractivity contribution >= 4 is 22.7 Å². The van der Waals surface area contributed by atoms with Gasteiger partial charge in [-0.15, -0.1) is 0 Å². The lowest BCUT2D eigenvalue weighted by Gasteiger charge is -2.43. The fourth-order valence-corrected chi connectivity index (χ4v) is 3.72. The molecule has 1 aromatic carbocycles. The van der Waals surface area contributed by atoms with E-state index >= 15 is 0 Å². The molecule has 3 nitrogen and oxygen atoms in total. The fraction of sp³-hybridized carbons (Fsp3) is 0.375. The molecule has 0 saturated heterocycles. The first-order valence-electron chi connectivity index (χ1n) is 7.03. The third-order valence-electron chi connectivity index (χ3n) is 4.00. The normalized spacial score (nSPS) is 17.8. The molecule has 1 aromatic heterocycles. The number of hydrogen-bond donors (Lipinski definition) is 1. The molecule has 1 aliphatic rings. The van der Waals surface area contributed by atoms with Crippen LogP contribution in [0.2, 0.25) is 0 Å². The van der Waals surface area contributed by atoms with Gasteiger partial charge in [0, 0.05) is 26.2 Å². The maximum absolute atomic E-state index is 6.30. The van der Waals surface area contributed by atoms with Crippen molar-refractivity contribution in [2.75, 3.05) is 29.9 Å². The molecule has 0 spiro atoms. The number of anilines is 2. The number of likely N-dealkylation sites (N-methyl/N-ethyl adjacent to an activating group) is 1. The molecule has 0 aliphatic carbocycles. The highest BCUT2D eigenvalue weighted by Crippen LogP contribution is 2.38. The van der Waals surface area contributed by atoms with Gasteiger partial charge in [-0.05, 0) is 41.4 Å². The van der Waals surface area contributed by atoms with Gasteiger partial charge in [-0.1, -0.05) is 12.1 Å². The summed E-state index contributed by atoms with van der Waals surface area (Å²) in [5.74, 6) is 0. The molecular formula is C16H21N3S. The maximum Gasteiger partial charge on any atom is 0.0700 e. The lowest BCUT2D eigenvalue weighted by molar-refractivity contribution is 0.524. The highest BCUT2D eigenvalue weighted by molar-refractivity contribution is 7.08. The standard InChI is InChI=1S/C16H21N3S/c1-12(17)16(13-7-10-20-11-13)19-9-8-18(2)14-5-3-4-6-15(14)19/h3-7,10-12,16H,8-9,17H2,1-2H3. The monoisotopic (exact) mass is 287 g/mol. The van der Waals surface area contributed by atoms with Crippen LogP contribution in [0.1, 0.15) is 18.5 Å². The summed E-state index contributed by atoms with van der Waals surface area (Å²) in [4.78, 5) is 4.78. The van der Waals surface area contributed by atoms with Gasteiger partial charge in [-0.3, -0.25) is 0 Å². The van der Waals surface area contributed by atoms with Gasteiger partial charge in [0.25, 0.3) is 0 Å². The number of hydrogen-bond acceptors (Lipinski definition) is 4. The summed E-state index contributed by atoms with van der Waals surface area (Å²) in [5, 5.41) is 4.35. The zero-order chi connectivity index (χ0) is 14.1. The van der Waals surface area contributed by atoms with E-state index in [9.17, 15) is 0 Å². The van der Waals surface area contributed by atoms with Crippen LogP contribution in [0.3, 0.4) is 0 Å². The third-order valence-corrected chi connectivity index (χ3v) is 4.70. The van der Waals surface area contributed by atoms with Gasteiger partial charge >= 0.3 is 0 Å². The quantitative estimate of drug-likeness (QED) is 0.941. The number of nitrogens with zero attached hydrogens (tertiary/aromatic N) is 2. The zero-order valence-electron chi connectivity index (χ0n) is 12.0. The molecular weight excluding hydrogens is 266 g/mol. The average molecular weight is 287 g/mol. The SMILES string of the molecule is CC(N)C(c1ccsc1)N1CCN(C)c2ccccc21. The van der Waals surface area contributed by atoms with Gasteiger partial charge < -0.3 is 15.5 Å². The Morgan fingerprint density at radius 2 is 1.90 bits per heavy atom. The van der Waals surface area contributed by atoms with Crippen molar-refractivity contribution in [2.45, 2.75) is 19.0 Å². The lowest BCUT2D eigenvalue weighted by Crippen LogP contribution is -2.46. The van der Waals surface area contributed by atoms with Crippen molar-refractivity contribution in [2.24, 2.45) is 5.73 Å². The van der Waals surface area contributed by atoms with E-state index in [2.05, 4.69) is 64.9 Å². The van der Waals surface area contributed by atoms with Crippen LogP contribution in [0.5, 0.6) is 0 Å². The molecule has 1 aliphatic heterocycles. The molecule has 2 heterocycles. The van der Waals surface area contributed by atoms with Crippen molar-refractivity contribution in [3.63, 3.8) is 0 Å². The van der Waals surface area contributed by atoms with Crippen molar-refractivity contribution in [3.05, 3.63) is 46.7 Å². The Morgan fingerprint density at radius 1 is 1.15 bits per heavy atom. The highest BCUT2D eigenvalue weighted by atomic mass is 32.1. The average Bonchev–Trinajstić information content (AvgIpc) is 2.95. The summed E-state index contributed by atoms with van der Waals surface area (Å²) in [5.41, 5.74) is 10.2. The Hall–Kier alpha value is -1.52. The van der Waals surface area contributed by atoms with Gasteiger partial charge in [-0.2, -0.15) is 11.3 Å². The van der Waals surface area contributed by atoms with Crippen molar-refractivity contribution in [1.29, 1.82) is 0 Å². The first-order valence-corrected chi connectivity index (χ1v) is 7.97. The minimum atomic E-state index is 0.0982. The van der Waals surface area contributed by atoms with Gasteiger partial charge in [0.05, 0.1) is 17.4 Å². The van der Waals surface area contributed by atoms with Crippen LogP contribution in [0.15, 0.2) is 41.1 Å². The lowest BCUT2D eigenvalue weighted by atomic mass is 9.99. The summed E-state index contributed by atoms with van der Waals surface area (Å²) < 4.78 is 0. The predicted octanol–water partition coefficient (Wildman–Crippen LogP) is 3.09. The first kappa shape index (κ1) is 13.5. The van der Waals surface area contributed by atoms with Crippen LogP contribution in [0.25, 0.3) is 0 Å². The van der Waals surface area contributed by atoms with Crippen LogP contribution >= 0.6 is 11.3 Å². The zero-order valence-corrected chi connectivity index (χ0v) is 12.8. The van der Waals surface area contributed by atoms with Crippen molar-refractivity contribution in [1.82, 2.24) is 0 Å². The Labute approximate surface area is 124 Å². The molecule has 0 saturated carbocycles. The molecule has 0 bridgehead atoms. The Bertz CT molecular complexity index is 565. The smallest absolute Gasteiger partial charge is 0.0700 e. The highest BCUT2D eigenvalue weighted by Gasteiger charge is 2.29. The molecule has 3 rings (SSSR count). The van der Waals surface area contributed by atoms with E-state index in [4.69, 9.17) is 5.73 Å². The van der Waals surface area contributed by atoms with Gasteiger partial charge in [-0.25, -0.2) is 0 Å². The topological polar surface area (TPSA) is 32.5 Å². The molecule has 0 amide bonds. The molecule has 20 heavy (non-hydrogen) atoms. The molecule has 0 fully saturated rings. The number of para-hydroxylation sites is 2. The van der Waals surface area contributed by atoms with Gasteiger partial charge in [0.2, 0.25) is 0 Å². The molecule has 2 atom stereocenters. The van der Waals surface area contributed by atoms with Crippen molar-refractivity contribution in [3.8, 4) is 0 Å². The summed E-state index contributed by atoms with van der Waals surface area (Å²) in [7, 11) is 2.15. The number of thiophene rings is 1.